The molecule has 0 rings (SSSR count). The zero-order chi connectivity index (χ0) is 43.0. The van der Waals surface area contributed by atoms with E-state index in [1.54, 1.807) is 0 Å². The van der Waals surface area contributed by atoms with Crippen molar-refractivity contribution in [3.63, 3.8) is 0 Å². The first-order valence-electron chi connectivity index (χ1n) is 24.8. The Labute approximate surface area is 364 Å². The van der Waals surface area contributed by atoms with Crippen molar-refractivity contribution in [2.75, 3.05) is 13.2 Å². The highest BCUT2D eigenvalue weighted by Gasteiger charge is 2.19. The molecule has 1 unspecified atom stereocenters. The zero-order valence-electron chi connectivity index (χ0n) is 38.8. The fourth-order valence-electron chi connectivity index (χ4n) is 6.82. The molecule has 0 aliphatic carbocycles. The summed E-state index contributed by atoms with van der Waals surface area (Å²) < 4.78 is 16.7. The molecule has 0 saturated carbocycles. The Balaban J connectivity index is 4.22. The monoisotopic (exact) mass is 825 g/mol. The van der Waals surface area contributed by atoms with Gasteiger partial charge >= 0.3 is 17.9 Å². The van der Waals surface area contributed by atoms with Gasteiger partial charge in [0, 0.05) is 19.3 Å². The predicted octanol–water partition coefficient (Wildman–Crippen LogP) is 16.1. The van der Waals surface area contributed by atoms with Gasteiger partial charge in [-0.2, -0.15) is 0 Å². The number of ether oxygens (including phenoxy) is 3. The lowest BCUT2D eigenvalue weighted by molar-refractivity contribution is -0.167. The van der Waals surface area contributed by atoms with Gasteiger partial charge in [0.25, 0.3) is 0 Å². The van der Waals surface area contributed by atoms with Gasteiger partial charge in [0.15, 0.2) is 6.10 Å². The smallest absolute Gasteiger partial charge is 0.306 e. The summed E-state index contributed by atoms with van der Waals surface area (Å²) in [5.74, 6) is -0.891. The lowest BCUT2D eigenvalue weighted by atomic mass is 10.1. The molecule has 0 aromatic heterocycles. The molecule has 0 saturated heterocycles. The van der Waals surface area contributed by atoms with Crippen molar-refractivity contribution in [2.45, 2.75) is 245 Å². The molecule has 59 heavy (non-hydrogen) atoms. The average molecular weight is 825 g/mol. The van der Waals surface area contributed by atoms with Crippen molar-refractivity contribution >= 4 is 17.9 Å². The first kappa shape index (κ1) is 56.1. The van der Waals surface area contributed by atoms with Gasteiger partial charge in [0.05, 0.1) is 0 Å². The van der Waals surface area contributed by atoms with E-state index >= 15 is 0 Å². The van der Waals surface area contributed by atoms with E-state index in [1.807, 2.05) is 0 Å². The van der Waals surface area contributed by atoms with E-state index in [1.165, 1.54) is 103 Å². The molecule has 340 valence electrons. The quantitative estimate of drug-likeness (QED) is 0.0263. The summed E-state index contributed by atoms with van der Waals surface area (Å²) in [6.07, 6.45) is 57.9. The van der Waals surface area contributed by atoms with Crippen molar-refractivity contribution in [3.8, 4) is 0 Å². The number of hydrogen-bond donors (Lipinski definition) is 0. The number of carbonyl (C=O) groups excluding carboxylic acids is 3. The SMILES string of the molecule is CC/C=C\C/C=C\C/C=C\C/C=C\C/C=C\CCCCCCCCCC(=O)OCC(COC(=O)CCCCCCCCCC)OC(=O)CCCCCCCCCCCC. The third kappa shape index (κ3) is 46.0. The van der Waals surface area contributed by atoms with Crippen molar-refractivity contribution in [1.82, 2.24) is 0 Å². The summed E-state index contributed by atoms with van der Waals surface area (Å²) in [7, 11) is 0. The highest BCUT2D eigenvalue weighted by atomic mass is 16.6. The third-order valence-corrected chi connectivity index (χ3v) is 10.5. The summed E-state index contributed by atoms with van der Waals surface area (Å²) in [5, 5.41) is 0. The number of esters is 3. The fraction of sp³-hybridized carbons (Fsp3) is 0.755. The van der Waals surface area contributed by atoms with E-state index < -0.39 is 6.10 Å². The predicted molar refractivity (Wildman–Crippen MR) is 251 cm³/mol. The second-order valence-corrected chi connectivity index (χ2v) is 16.4. The minimum Gasteiger partial charge on any atom is -0.462 e. The zero-order valence-corrected chi connectivity index (χ0v) is 38.8. The van der Waals surface area contributed by atoms with Crippen LogP contribution in [-0.2, 0) is 28.6 Å². The second kappa shape index (κ2) is 47.8. The molecule has 0 bridgehead atoms. The van der Waals surface area contributed by atoms with E-state index in [-0.39, 0.29) is 31.1 Å². The normalized spacial score (nSPS) is 12.5. The van der Waals surface area contributed by atoms with E-state index in [2.05, 4.69) is 81.5 Å². The van der Waals surface area contributed by atoms with Crippen LogP contribution in [0.1, 0.15) is 239 Å². The van der Waals surface area contributed by atoms with E-state index in [0.717, 1.165) is 96.3 Å². The maximum atomic E-state index is 12.7. The molecular formula is C53H92O6. The number of hydrogen-bond acceptors (Lipinski definition) is 6. The van der Waals surface area contributed by atoms with Gasteiger partial charge in [0.1, 0.15) is 13.2 Å². The fourth-order valence-corrected chi connectivity index (χ4v) is 6.82. The summed E-state index contributed by atoms with van der Waals surface area (Å²) in [6.45, 7) is 6.47. The first-order valence-corrected chi connectivity index (χ1v) is 24.8. The topological polar surface area (TPSA) is 78.9 Å². The van der Waals surface area contributed by atoms with Crippen LogP contribution >= 0.6 is 0 Å². The summed E-state index contributed by atoms with van der Waals surface area (Å²) >= 11 is 0. The molecule has 6 nitrogen and oxygen atoms in total. The van der Waals surface area contributed by atoms with Crippen molar-refractivity contribution in [1.29, 1.82) is 0 Å². The highest BCUT2D eigenvalue weighted by Crippen LogP contribution is 2.14. The molecular weight excluding hydrogens is 733 g/mol. The Morgan fingerprint density at radius 1 is 0.356 bits per heavy atom. The van der Waals surface area contributed by atoms with Gasteiger partial charge in [-0.15, -0.1) is 0 Å². The van der Waals surface area contributed by atoms with E-state index in [0.29, 0.717) is 19.3 Å². The van der Waals surface area contributed by atoms with Crippen LogP contribution in [0.5, 0.6) is 0 Å². The Kier molecular flexibility index (Phi) is 45.4. The summed E-state index contributed by atoms with van der Waals surface area (Å²) in [6, 6.07) is 0. The Morgan fingerprint density at radius 3 is 1.03 bits per heavy atom. The molecule has 0 aromatic rings. The molecule has 0 heterocycles. The van der Waals surface area contributed by atoms with Crippen LogP contribution < -0.4 is 0 Å². The molecule has 0 aliphatic rings. The number of rotatable bonds is 44. The Hall–Kier alpha value is -2.89. The van der Waals surface area contributed by atoms with Crippen LogP contribution in [0.2, 0.25) is 0 Å². The molecule has 1 atom stereocenters. The van der Waals surface area contributed by atoms with Crippen molar-refractivity contribution < 1.29 is 28.6 Å². The summed E-state index contributed by atoms with van der Waals surface area (Å²) in [4.78, 5) is 37.7. The first-order chi connectivity index (χ1) is 29.0. The molecule has 0 aliphatic heterocycles. The lowest BCUT2D eigenvalue weighted by Gasteiger charge is -2.18. The van der Waals surface area contributed by atoms with E-state index in [9.17, 15) is 14.4 Å². The molecule has 0 amide bonds. The molecule has 0 spiro atoms. The molecule has 0 aromatic carbocycles. The number of unbranched alkanes of at least 4 members (excludes halogenated alkanes) is 23. The van der Waals surface area contributed by atoms with Crippen LogP contribution in [0, 0.1) is 0 Å². The van der Waals surface area contributed by atoms with Crippen molar-refractivity contribution in [2.24, 2.45) is 0 Å². The molecule has 6 heteroatoms. The Morgan fingerprint density at radius 2 is 0.661 bits per heavy atom. The molecule has 0 radical (unpaired) electrons. The Bertz CT molecular complexity index is 1090. The minimum atomic E-state index is -0.772. The van der Waals surface area contributed by atoms with Gasteiger partial charge in [-0.1, -0.05) is 216 Å². The second-order valence-electron chi connectivity index (χ2n) is 16.4. The van der Waals surface area contributed by atoms with Gasteiger partial charge in [-0.3, -0.25) is 14.4 Å². The van der Waals surface area contributed by atoms with Gasteiger partial charge in [0.2, 0.25) is 0 Å². The molecule has 0 fully saturated rings. The van der Waals surface area contributed by atoms with Crippen LogP contribution in [0.15, 0.2) is 60.8 Å². The van der Waals surface area contributed by atoms with Crippen LogP contribution in [0.4, 0.5) is 0 Å². The largest absolute Gasteiger partial charge is 0.462 e. The maximum absolute atomic E-state index is 12.7. The third-order valence-electron chi connectivity index (χ3n) is 10.5. The van der Waals surface area contributed by atoms with Crippen LogP contribution in [-0.4, -0.2) is 37.2 Å². The van der Waals surface area contributed by atoms with Gasteiger partial charge < -0.3 is 14.2 Å². The van der Waals surface area contributed by atoms with Gasteiger partial charge in [-0.25, -0.2) is 0 Å². The average Bonchev–Trinajstić information content (AvgIpc) is 3.23. The lowest BCUT2D eigenvalue weighted by Crippen LogP contribution is -2.30. The van der Waals surface area contributed by atoms with Crippen molar-refractivity contribution in [3.05, 3.63) is 60.8 Å². The minimum absolute atomic E-state index is 0.0754. The van der Waals surface area contributed by atoms with Crippen LogP contribution in [0.3, 0.4) is 0 Å². The van der Waals surface area contributed by atoms with Gasteiger partial charge in [-0.05, 0) is 64.2 Å². The standard InChI is InChI=1S/C53H92O6/c1-4-7-10-13-16-19-21-22-23-24-25-26-27-28-29-30-31-32-33-35-37-40-43-46-52(55)58-49-50(48-57-51(54)45-42-39-36-18-15-12-9-6-3)59-53(56)47-44-41-38-34-20-17-14-11-8-5-2/h7,10,16,19,22-23,25-26,28-29,50H,4-6,8-9,11-15,17-18,20-21,24,27,30-49H2,1-3H3/b10-7-,19-16-,23-22-,26-25-,29-28-. The summed E-state index contributed by atoms with van der Waals surface area (Å²) in [5.41, 5.74) is 0. The number of allylic oxidation sites excluding steroid dienone is 10. The molecule has 0 N–H and O–H groups in total. The maximum Gasteiger partial charge on any atom is 0.306 e. The van der Waals surface area contributed by atoms with Crippen LogP contribution in [0.25, 0.3) is 0 Å². The van der Waals surface area contributed by atoms with E-state index in [4.69, 9.17) is 14.2 Å². The number of carbonyl (C=O) groups is 3. The highest BCUT2D eigenvalue weighted by molar-refractivity contribution is 5.71.